The average molecular weight is 343 g/mol. The zero-order valence-electron chi connectivity index (χ0n) is 15.2. The van der Waals surface area contributed by atoms with Gasteiger partial charge >= 0.3 is 0 Å². The predicted octanol–water partition coefficient (Wildman–Crippen LogP) is 2.38. The zero-order chi connectivity index (χ0) is 17.6. The molecule has 0 saturated carbocycles. The summed E-state index contributed by atoms with van der Waals surface area (Å²) in [5.74, 6) is 1.25. The van der Waals surface area contributed by atoms with Gasteiger partial charge in [-0.05, 0) is 37.3 Å². The number of hydrogen-bond acceptors (Lipinski definition) is 4. The summed E-state index contributed by atoms with van der Waals surface area (Å²) < 4.78 is 2.34. The molecular weight excluding hydrogens is 314 g/mol. The number of hydrogen-bond donors (Lipinski definition) is 2. The standard InChI is InChI=1S/C19H29N5O/c1-15(2)7-12-23-10-4-6-17(23)13-22-16-5-3-11-24(14-16)18-19(25)21-9-8-20-18/h4,6,8-10,15-16,22H,3,5,7,11-14H2,1-2H3,(H,21,25)/t16-/m1/s1. The van der Waals surface area contributed by atoms with E-state index in [0.29, 0.717) is 17.8 Å². The minimum Gasteiger partial charge on any atom is -0.350 e. The summed E-state index contributed by atoms with van der Waals surface area (Å²) in [5.41, 5.74) is 1.22. The molecule has 1 atom stereocenters. The van der Waals surface area contributed by atoms with E-state index in [0.717, 1.165) is 39.0 Å². The van der Waals surface area contributed by atoms with Gasteiger partial charge in [0.15, 0.2) is 5.82 Å². The molecule has 2 aromatic rings. The summed E-state index contributed by atoms with van der Waals surface area (Å²) in [5, 5.41) is 3.67. The Balaban J connectivity index is 1.56. The van der Waals surface area contributed by atoms with Crippen LogP contribution in [0.4, 0.5) is 5.82 Å². The van der Waals surface area contributed by atoms with E-state index in [1.165, 1.54) is 12.1 Å². The van der Waals surface area contributed by atoms with Crippen molar-refractivity contribution in [2.24, 2.45) is 5.92 Å². The highest BCUT2D eigenvalue weighted by Gasteiger charge is 2.22. The molecule has 0 aliphatic carbocycles. The summed E-state index contributed by atoms with van der Waals surface area (Å²) in [7, 11) is 0. The van der Waals surface area contributed by atoms with Gasteiger partial charge in [-0.2, -0.15) is 0 Å². The van der Waals surface area contributed by atoms with Gasteiger partial charge < -0.3 is 19.8 Å². The number of aromatic nitrogens is 3. The highest BCUT2D eigenvalue weighted by atomic mass is 16.1. The number of piperidine rings is 1. The maximum Gasteiger partial charge on any atom is 0.290 e. The molecule has 3 rings (SSSR count). The lowest BCUT2D eigenvalue weighted by atomic mass is 10.1. The second kappa shape index (κ2) is 8.34. The second-order valence-electron chi connectivity index (χ2n) is 7.28. The first-order valence-corrected chi connectivity index (χ1v) is 9.29. The predicted molar refractivity (Wildman–Crippen MR) is 101 cm³/mol. The molecule has 25 heavy (non-hydrogen) atoms. The van der Waals surface area contributed by atoms with Crippen LogP contribution in [0, 0.1) is 5.92 Å². The van der Waals surface area contributed by atoms with E-state index in [4.69, 9.17) is 0 Å². The Bertz CT molecular complexity index is 720. The Morgan fingerprint density at radius 2 is 2.32 bits per heavy atom. The first-order valence-electron chi connectivity index (χ1n) is 9.29. The van der Waals surface area contributed by atoms with Crippen molar-refractivity contribution in [1.29, 1.82) is 0 Å². The first-order chi connectivity index (χ1) is 12.1. The Hall–Kier alpha value is -2.08. The van der Waals surface area contributed by atoms with Crippen molar-refractivity contribution in [2.45, 2.75) is 52.2 Å². The highest BCUT2D eigenvalue weighted by Crippen LogP contribution is 2.15. The van der Waals surface area contributed by atoms with Crippen LogP contribution >= 0.6 is 0 Å². The van der Waals surface area contributed by atoms with E-state index in [1.807, 2.05) is 0 Å². The van der Waals surface area contributed by atoms with Gasteiger partial charge in [0.2, 0.25) is 0 Å². The van der Waals surface area contributed by atoms with E-state index in [9.17, 15) is 4.79 Å². The third-order valence-electron chi connectivity index (χ3n) is 4.85. The lowest BCUT2D eigenvalue weighted by molar-refractivity contribution is 0.411. The van der Waals surface area contributed by atoms with Crippen molar-refractivity contribution in [2.75, 3.05) is 18.0 Å². The maximum absolute atomic E-state index is 12.0. The Morgan fingerprint density at radius 1 is 1.44 bits per heavy atom. The van der Waals surface area contributed by atoms with Crippen LogP contribution < -0.4 is 15.8 Å². The van der Waals surface area contributed by atoms with Crippen molar-refractivity contribution < 1.29 is 0 Å². The van der Waals surface area contributed by atoms with Crippen molar-refractivity contribution in [1.82, 2.24) is 19.9 Å². The Morgan fingerprint density at radius 3 is 3.12 bits per heavy atom. The minimum absolute atomic E-state index is 0.106. The monoisotopic (exact) mass is 343 g/mol. The average Bonchev–Trinajstić information content (AvgIpc) is 3.06. The fourth-order valence-electron chi connectivity index (χ4n) is 3.38. The van der Waals surface area contributed by atoms with E-state index in [1.54, 1.807) is 12.4 Å². The summed E-state index contributed by atoms with van der Waals surface area (Å²) in [6, 6.07) is 4.69. The molecule has 6 nitrogen and oxygen atoms in total. The molecule has 1 fully saturated rings. The van der Waals surface area contributed by atoms with Crippen molar-refractivity contribution >= 4 is 5.82 Å². The number of aryl methyl sites for hydroxylation is 1. The molecule has 0 bridgehead atoms. The van der Waals surface area contributed by atoms with E-state index in [-0.39, 0.29) is 5.56 Å². The van der Waals surface area contributed by atoms with E-state index in [2.05, 4.69) is 56.9 Å². The van der Waals surface area contributed by atoms with Crippen LogP contribution in [0.1, 0.15) is 38.8 Å². The SMILES string of the molecule is CC(C)CCn1cccc1CN[C@@H]1CCCN(c2ncc[nH]c2=O)C1. The third kappa shape index (κ3) is 4.72. The van der Waals surface area contributed by atoms with Crippen molar-refractivity contribution in [3.05, 3.63) is 46.8 Å². The van der Waals surface area contributed by atoms with Gasteiger partial charge in [0, 0.05) is 56.5 Å². The van der Waals surface area contributed by atoms with Gasteiger partial charge in [-0.15, -0.1) is 0 Å². The van der Waals surface area contributed by atoms with Crippen molar-refractivity contribution in [3.8, 4) is 0 Å². The summed E-state index contributed by atoms with van der Waals surface area (Å²) in [6.07, 6.45) is 8.80. The minimum atomic E-state index is -0.106. The Kier molecular flexibility index (Phi) is 5.91. The van der Waals surface area contributed by atoms with Crippen LogP contribution in [0.5, 0.6) is 0 Å². The summed E-state index contributed by atoms with van der Waals surface area (Å²) in [4.78, 5) is 21.0. The maximum atomic E-state index is 12.0. The van der Waals surface area contributed by atoms with Gasteiger partial charge in [0.05, 0.1) is 0 Å². The van der Waals surface area contributed by atoms with E-state index >= 15 is 0 Å². The lowest BCUT2D eigenvalue weighted by Gasteiger charge is -2.33. The summed E-state index contributed by atoms with van der Waals surface area (Å²) >= 11 is 0. The van der Waals surface area contributed by atoms with Crippen LogP contribution in [0.3, 0.4) is 0 Å². The van der Waals surface area contributed by atoms with Crippen LogP contribution in [0.15, 0.2) is 35.5 Å². The number of aromatic amines is 1. The first kappa shape index (κ1) is 17.7. The van der Waals surface area contributed by atoms with Crippen LogP contribution in [-0.2, 0) is 13.1 Å². The quantitative estimate of drug-likeness (QED) is 0.810. The molecule has 6 heteroatoms. The molecule has 136 valence electrons. The molecule has 1 saturated heterocycles. The van der Waals surface area contributed by atoms with Crippen LogP contribution in [-0.4, -0.2) is 33.7 Å². The number of nitrogens with one attached hydrogen (secondary N) is 2. The topological polar surface area (TPSA) is 66.0 Å². The van der Waals surface area contributed by atoms with Crippen LogP contribution in [0.25, 0.3) is 0 Å². The second-order valence-corrected chi connectivity index (χ2v) is 7.28. The van der Waals surface area contributed by atoms with Gasteiger partial charge in [-0.3, -0.25) is 4.79 Å². The molecule has 0 amide bonds. The molecule has 0 unspecified atom stereocenters. The number of nitrogens with zero attached hydrogens (tertiary/aromatic N) is 3. The number of anilines is 1. The normalized spacial score (nSPS) is 18.0. The molecule has 2 N–H and O–H groups in total. The summed E-state index contributed by atoms with van der Waals surface area (Å²) in [6.45, 7) is 8.18. The lowest BCUT2D eigenvalue weighted by Crippen LogP contribution is -2.47. The molecule has 1 aliphatic rings. The number of H-pyrrole nitrogens is 1. The molecule has 0 spiro atoms. The Labute approximate surface area is 149 Å². The number of rotatable bonds is 7. The zero-order valence-corrected chi connectivity index (χ0v) is 15.2. The molecular formula is C19H29N5O. The highest BCUT2D eigenvalue weighted by molar-refractivity contribution is 5.36. The van der Waals surface area contributed by atoms with Gasteiger partial charge in [0.25, 0.3) is 5.56 Å². The van der Waals surface area contributed by atoms with E-state index < -0.39 is 0 Å². The van der Waals surface area contributed by atoms with Gasteiger partial charge in [-0.1, -0.05) is 13.8 Å². The molecule has 1 aliphatic heterocycles. The van der Waals surface area contributed by atoms with Crippen LogP contribution in [0.2, 0.25) is 0 Å². The smallest absolute Gasteiger partial charge is 0.290 e. The third-order valence-corrected chi connectivity index (χ3v) is 4.85. The fraction of sp³-hybridized carbons (Fsp3) is 0.579. The molecule has 0 radical (unpaired) electrons. The molecule has 2 aromatic heterocycles. The van der Waals surface area contributed by atoms with Gasteiger partial charge in [-0.25, -0.2) is 4.98 Å². The fourth-order valence-corrected chi connectivity index (χ4v) is 3.38. The van der Waals surface area contributed by atoms with Crippen molar-refractivity contribution in [3.63, 3.8) is 0 Å². The molecule has 0 aromatic carbocycles. The van der Waals surface area contributed by atoms with Gasteiger partial charge in [0.1, 0.15) is 0 Å². The largest absolute Gasteiger partial charge is 0.350 e. The molecule has 3 heterocycles.